The Balaban J connectivity index is 1.76. The monoisotopic (exact) mass is 423 g/mol. The molecule has 9 heteroatoms. The molecule has 1 heterocycles. The third-order valence-corrected chi connectivity index (χ3v) is 4.59. The smallest absolute Gasteiger partial charge is 0.338 e. The van der Waals surface area contributed by atoms with Gasteiger partial charge in [-0.25, -0.2) is 20.0 Å². The van der Waals surface area contributed by atoms with E-state index in [4.69, 9.17) is 9.47 Å². The molecule has 1 aliphatic heterocycles. The number of allylic oxidation sites excluding steroid dienone is 1. The number of hydrazine groups is 1. The zero-order valence-corrected chi connectivity index (χ0v) is 17.0. The molecule has 0 saturated heterocycles. The van der Waals surface area contributed by atoms with Crippen molar-refractivity contribution in [2.45, 2.75) is 13.5 Å². The van der Waals surface area contributed by atoms with E-state index in [2.05, 4.69) is 10.7 Å². The second-order valence-electron chi connectivity index (χ2n) is 6.62. The van der Waals surface area contributed by atoms with Crippen molar-refractivity contribution in [1.29, 1.82) is 0 Å². The quantitative estimate of drug-likeness (QED) is 0.545. The predicted molar refractivity (Wildman–Crippen MR) is 110 cm³/mol. The van der Waals surface area contributed by atoms with Crippen LogP contribution >= 0.6 is 0 Å². The maximum absolute atomic E-state index is 12.9. The number of benzene rings is 2. The summed E-state index contributed by atoms with van der Waals surface area (Å²) in [6.07, 6.45) is 0. The number of hydrogen-bond acceptors (Lipinski definition) is 6. The van der Waals surface area contributed by atoms with Crippen LogP contribution in [0.15, 0.2) is 71.9 Å². The number of hydrogen-bond donors (Lipinski definition) is 2. The van der Waals surface area contributed by atoms with E-state index in [1.54, 1.807) is 54.6 Å². The first-order valence-electron chi connectivity index (χ1n) is 9.38. The third-order valence-electron chi connectivity index (χ3n) is 4.59. The van der Waals surface area contributed by atoms with E-state index in [1.807, 2.05) is 6.07 Å². The number of carbonyl (C=O) groups excluding carboxylic acids is 4. The van der Waals surface area contributed by atoms with Crippen molar-refractivity contribution in [2.24, 2.45) is 5.92 Å². The Morgan fingerprint density at radius 3 is 2.23 bits per heavy atom. The van der Waals surface area contributed by atoms with Crippen molar-refractivity contribution in [1.82, 2.24) is 10.4 Å². The van der Waals surface area contributed by atoms with Gasteiger partial charge in [-0.15, -0.1) is 0 Å². The molecule has 9 nitrogen and oxygen atoms in total. The molecule has 3 amide bonds. The average molecular weight is 423 g/mol. The Hall–Kier alpha value is -4.14. The summed E-state index contributed by atoms with van der Waals surface area (Å²) in [4.78, 5) is 50.2. The lowest BCUT2D eigenvalue weighted by atomic mass is 10.0. The lowest BCUT2D eigenvalue weighted by Crippen LogP contribution is -2.46. The molecule has 1 unspecified atom stereocenters. The van der Waals surface area contributed by atoms with Gasteiger partial charge >= 0.3 is 18.0 Å². The molecule has 160 valence electrons. The third kappa shape index (κ3) is 4.89. The van der Waals surface area contributed by atoms with Crippen LogP contribution in [-0.2, 0) is 30.5 Å². The van der Waals surface area contributed by atoms with E-state index >= 15 is 0 Å². The summed E-state index contributed by atoms with van der Waals surface area (Å²) in [5.74, 6) is -4.14. The van der Waals surface area contributed by atoms with Crippen LogP contribution in [0, 0.1) is 5.92 Å². The fourth-order valence-electron chi connectivity index (χ4n) is 3.07. The molecular weight excluding hydrogens is 402 g/mol. The first-order valence-corrected chi connectivity index (χ1v) is 9.38. The summed E-state index contributed by atoms with van der Waals surface area (Å²) >= 11 is 0. The Morgan fingerprint density at radius 1 is 1.00 bits per heavy atom. The molecule has 31 heavy (non-hydrogen) atoms. The lowest BCUT2D eigenvalue weighted by Gasteiger charge is -2.20. The van der Waals surface area contributed by atoms with E-state index < -0.39 is 29.8 Å². The van der Waals surface area contributed by atoms with E-state index in [0.29, 0.717) is 5.69 Å². The van der Waals surface area contributed by atoms with E-state index in [9.17, 15) is 19.2 Å². The maximum Gasteiger partial charge on any atom is 0.338 e. The Kier molecular flexibility index (Phi) is 6.66. The van der Waals surface area contributed by atoms with Crippen LogP contribution in [0.25, 0.3) is 0 Å². The van der Waals surface area contributed by atoms with Gasteiger partial charge in [0.05, 0.1) is 18.4 Å². The van der Waals surface area contributed by atoms with Crippen LogP contribution < -0.4 is 10.7 Å². The summed E-state index contributed by atoms with van der Waals surface area (Å²) in [5.41, 5.74) is 3.46. The Bertz CT molecular complexity index is 1020. The number of para-hydroxylation sites is 1. The molecule has 2 aromatic rings. The van der Waals surface area contributed by atoms with Gasteiger partial charge in [0, 0.05) is 5.69 Å². The molecule has 0 fully saturated rings. The molecule has 1 atom stereocenters. The van der Waals surface area contributed by atoms with Gasteiger partial charge in [-0.2, -0.15) is 0 Å². The average Bonchev–Trinajstić information content (AvgIpc) is 3.03. The standard InChI is InChI=1S/C22H21N3O6/c1-14-17(20(27)30-2)18(21(28)31-13-15-9-5-3-6-10-15)19(26)25(14)24-22(29)23-16-11-7-4-8-12-16/h3-12,18H,13H2,1-2H3,(H2,23,24,29). The van der Waals surface area contributed by atoms with Crippen molar-refractivity contribution in [3.8, 4) is 0 Å². The zero-order chi connectivity index (χ0) is 22.4. The van der Waals surface area contributed by atoms with Crippen molar-refractivity contribution < 1.29 is 28.7 Å². The second kappa shape index (κ2) is 9.57. The number of ether oxygens (including phenoxy) is 2. The van der Waals surface area contributed by atoms with Crippen molar-refractivity contribution in [3.63, 3.8) is 0 Å². The van der Waals surface area contributed by atoms with E-state index in [0.717, 1.165) is 17.7 Å². The van der Waals surface area contributed by atoms with Crippen LogP contribution in [-0.4, -0.2) is 36.0 Å². The van der Waals surface area contributed by atoms with Gasteiger partial charge in [-0.05, 0) is 24.6 Å². The summed E-state index contributed by atoms with van der Waals surface area (Å²) < 4.78 is 9.98. The summed E-state index contributed by atoms with van der Waals surface area (Å²) in [5, 5.41) is 3.41. The minimum Gasteiger partial charge on any atom is -0.466 e. The highest BCUT2D eigenvalue weighted by Crippen LogP contribution is 2.30. The number of rotatable bonds is 6. The molecular formula is C22H21N3O6. The zero-order valence-electron chi connectivity index (χ0n) is 17.0. The van der Waals surface area contributed by atoms with Crippen molar-refractivity contribution in [2.75, 3.05) is 12.4 Å². The number of esters is 2. The van der Waals surface area contributed by atoms with Crippen molar-refractivity contribution >= 4 is 29.6 Å². The molecule has 0 aromatic heterocycles. The minimum atomic E-state index is -1.55. The molecule has 0 spiro atoms. The van der Waals surface area contributed by atoms with Crippen LogP contribution in [0.5, 0.6) is 0 Å². The minimum absolute atomic E-state index is 0.0706. The van der Waals surface area contributed by atoms with E-state index in [-0.39, 0.29) is 17.9 Å². The fraction of sp³-hybridized carbons (Fsp3) is 0.182. The number of nitrogens with zero attached hydrogens (tertiary/aromatic N) is 1. The van der Waals surface area contributed by atoms with Gasteiger partial charge in [0.15, 0.2) is 5.92 Å². The van der Waals surface area contributed by atoms with Crippen LogP contribution in [0.2, 0.25) is 0 Å². The highest BCUT2D eigenvalue weighted by atomic mass is 16.5. The predicted octanol–water partition coefficient (Wildman–Crippen LogP) is 2.37. The number of methoxy groups -OCH3 is 1. The van der Waals surface area contributed by atoms with Gasteiger partial charge < -0.3 is 14.8 Å². The first kappa shape index (κ1) is 21.6. The molecule has 2 N–H and O–H groups in total. The van der Waals surface area contributed by atoms with Gasteiger partial charge in [-0.3, -0.25) is 9.59 Å². The van der Waals surface area contributed by atoms with Gasteiger partial charge in [-0.1, -0.05) is 48.5 Å². The van der Waals surface area contributed by atoms with E-state index in [1.165, 1.54) is 6.92 Å². The maximum atomic E-state index is 12.9. The van der Waals surface area contributed by atoms with Gasteiger partial charge in [0.25, 0.3) is 5.91 Å². The topological polar surface area (TPSA) is 114 Å². The molecule has 0 aliphatic carbocycles. The number of carbonyl (C=O) groups is 4. The molecule has 1 aliphatic rings. The Labute approximate surface area is 178 Å². The highest BCUT2D eigenvalue weighted by Gasteiger charge is 2.48. The molecule has 0 radical (unpaired) electrons. The van der Waals surface area contributed by atoms with Gasteiger partial charge in [0.2, 0.25) is 0 Å². The van der Waals surface area contributed by atoms with Crippen LogP contribution in [0.1, 0.15) is 12.5 Å². The van der Waals surface area contributed by atoms with Crippen LogP contribution in [0.4, 0.5) is 10.5 Å². The Morgan fingerprint density at radius 2 is 1.61 bits per heavy atom. The molecule has 0 bridgehead atoms. The fourth-order valence-corrected chi connectivity index (χ4v) is 3.07. The summed E-state index contributed by atoms with van der Waals surface area (Å²) in [6.45, 7) is 1.36. The second-order valence-corrected chi connectivity index (χ2v) is 6.62. The number of anilines is 1. The van der Waals surface area contributed by atoms with Crippen LogP contribution in [0.3, 0.4) is 0 Å². The highest BCUT2D eigenvalue weighted by molar-refractivity contribution is 6.13. The number of amides is 3. The molecule has 3 rings (SSSR count). The number of urea groups is 1. The first-order chi connectivity index (χ1) is 14.9. The van der Waals surface area contributed by atoms with Crippen molar-refractivity contribution in [3.05, 3.63) is 77.5 Å². The molecule has 0 saturated carbocycles. The largest absolute Gasteiger partial charge is 0.466 e. The SMILES string of the molecule is COC(=O)C1=C(C)N(NC(=O)Nc2ccccc2)C(=O)C1C(=O)OCc1ccccc1. The number of nitrogens with one attached hydrogen (secondary N) is 2. The normalized spacial score (nSPS) is 15.5. The summed E-state index contributed by atoms with van der Waals surface area (Å²) in [6, 6.07) is 16.8. The summed E-state index contributed by atoms with van der Waals surface area (Å²) in [7, 11) is 1.14. The van der Waals surface area contributed by atoms with Gasteiger partial charge in [0.1, 0.15) is 6.61 Å². The lowest BCUT2D eigenvalue weighted by molar-refractivity contribution is -0.155. The molecule has 2 aromatic carbocycles.